The van der Waals surface area contributed by atoms with Gasteiger partial charge in [-0.3, -0.25) is 4.79 Å². The zero-order valence-corrected chi connectivity index (χ0v) is 12.2. The highest BCUT2D eigenvalue weighted by Gasteiger charge is 2.35. The second-order valence-corrected chi connectivity index (χ2v) is 5.78. The van der Waals surface area contributed by atoms with Gasteiger partial charge in [-0.25, -0.2) is 0 Å². The molecule has 1 aliphatic heterocycles. The van der Waals surface area contributed by atoms with Crippen molar-refractivity contribution in [1.82, 2.24) is 10.3 Å². The molecule has 0 radical (unpaired) electrons. The van der Waals surface area contributed by atoms with Crippen molar-refractivity contribution >= 4 is 16.7 Å². The molecule has 1 aromatic heterocycles. The third kappa shape index (κ3) is 2.00. The van der Waals surface area contributed by atoms with Crippen molar-refractivity contribution in [1.29, 1.82) is 0 Å². The van der Waals surface area contributed by atoms with Crippen LogP contribution >= 0.6 is 0 Å². The monoisotopic (exact) mass is 272 g/mol. The number of methoxy groups -OCH3 is 1. The molecule has 1 aliphatic rings. The van der Waals surface area contributed by atoms with Crippen LogP contribution in [-0.4, -0.2) is 24.4 Å². The molecule has 3 rings (SSSR count). The van der Waals surface area contributed by atoms with Crippen molar-refractivity contribution in [2.75, 3.05) is 13.7 Å². The third-order valence-electron chi connectivity index (χ3n) is 4.16. The molecule has 4 heteroatoms. The third-order valence-corrected chi connectivity index (χ3v) is 4.16. The number of aromatic nitrogens is 1. The Hall–Kier alpha value is -1.81. The molecule has 1 unspecified atom stereocenters. The Morgan fingerprint density at radius 3 is 2.95 bits per heavy atom. The van der Waals surface area contributed by atoms with Crippen LogP contribution in [0.5, 0.6) is 5.75 Å². The molecule has 0 fully saturated rings. The Morgan fingerprint density at radius 2 is 2.25 bits per heavy atom. The Kier molecular flexibility index (Phi) is 3.05. The van der Waals surface area contributed by atoms with Gasteiger partial charge in [0.2, 0.25) is 0 Å². The molecular weight excluding hydrogens is 252 g/mol. The number of ether oxygens (including phenoxy) is 1. The largest absolute Gasteiger partial charge is 0.497 e. The SMILES string of the molecule is COc1ccc2[nH]c3c(c2c1)CCNC3(C)CC(C)=O. The van der Waals surface area contributed by atoms with E-state index >= 15 is 0 Å². The van der Waals surface area contributed by atoms with Crippen LogP contribution in [-0.2, 0) is 16.8 Å². The fraction of sp³-hybridized carbons (Fsp3) is 0.438. The summed E-state index contributed by atoms with van der Waals surface area (Å²) in [5.74, 6) is 1.06. The highest BCUT2D eigenvalue weighted by molar-refractivity contribution is 5.87. The number of carbonyl (C=O) groups excluding carboxylic acids is 1. The van der Waals surface area contributed by atoms with Crippen molar-refractivity contribution in [3.63, 3.8) is 0 Å². The molecule has 2 aromatic rings. The fourth-order valence-corrected chi connectivity index (χ4v) is 3.28. The van der Waals surface area contributed by atoms with Gasteiger partial charge in [-0.2, -0.15) is 0 Å². The van der Waals surface area contributed by atoms with Gasteiger partial charge in [-0.1, -0.05) is 0 Å². The fourth-order valence-electron chi connectivity index (χ4n) is 3.28. The van der Waals surface area contributed by atoms with Crippen molar-refractivity contribution in [2.45, 2.75) is 32.2 Å². The van der Waals surface area contributed by atoms with E-state index in [0.29, 0.717) is 6.42 Å². The predicted molar refractivity (Wildman–Crippen MR) is 79.2 cm³/mol. The molecule has 0 saturated carbocycles. The number of hydrogen-bond acceptors (Lipinski definition) is 3. The van der Waals surface area contributed by atoms with Crippen molar-refractivity contribution < 1.29 is 9.53 Å². The molecule has 0 saturated heterocycles. The van der Waals surface area contributed by atoms with Crippen molar-refractivity contribution in [3.05, 3.63) is 29.5 Å². The summed E-state index contributed by atoms with van der Waals surface area (Å²) in [5.41, 5.74) is 3.25. The number of H-pyrrole nitrogens is 1. The number of aromatic amines is 1. The number of hydrogen-bond donors (Lipinski definition) is 2. The van der Waals surface area contributed by atoms with Gasteiger partial charge in [0, 0.05) is 29.6 Å². The maximum Gasteiger partial charge on any atom is 0.132 e. The molecule has 0 spiro atoms. The van der Waals surface area contributed by atoms with Gasteiger partial charge in [0.1, 0.15) is 11.5 Å². The maximum atomic E-state index is 11.6. The van der Waals surface area contributed by atoms with E-state index < -0.39 is 0 Å². The molecule has 1 atom stereocenters. The summed E-state index contributed by atoms with van der Waals surface area (Å²) < 4.78 is 5.32. The van der Waals surface area contributed by atoms with E-state index in [9.17, 15) is 4.79 Å². The first-order valence-electron chi connectivity index (χ1n) is 6.97. The summed E-state index contributed by atoms with van der Waals surface area (Å²) in [7, 11) is 1.68. The Balaban J connectivity index is 2.17. The van der Waals surface area contributed by atoms with E-state index in [4.69, 9.17) is 4.74 Å². The van der Waals surface area contributed by atoms with Gasteiger partial charge in [0.05, 0.1) is 12.6 Å². The first kappa shape index (κ1) is 13.2. The van der Waals surface area contributed by atoms with Gasteiger partial charge in [-0.15, -0.1) is 0 Å². The number of benzene rings is 1. The summed E-state index contributed by atoms with van der Waals surface area (Å²) >= 11 is 0. The first-order chi connectivity index (χ1) is 9.53. The van der Waals surface area contributed by atoms with Gasteiger partial charge < -0.3 is 15.0 Å². The summed E-state index contributed by atoms with van der Waals surface area (Å²) in [4.78, 5) is 15.1. The molecular formula is C16H20N2O2. The average molecular weight is 272 g/mol. The molecule has 0 amide bonds. The number of carbonyl (C=O) groups is 1. The zero-order chi connectivity index (χ0) is 14.3. The van der Waals surface area contributed by atoms with Gasteiger partial charge in [0.25, 0.3) is 0 Å². The number of nitrogens with one attached hydrogen (secondary N) is 2. The number of rotatable bonds is 3. The Bertz CT molecular complexity index is 674. The van der Waals surface area contributed by atoms with E-state index in [2.05, 4.69) is 23.3 Å². The molecule has 0 bridgehead atoms. The second-order valence-electron chi connectivity index (χ2n) is 5.78. The summed E-state index contributed by atoms with van der Waals surface area (Å²) in [6.45, 7) is 4.63. The lowest BCUT2D eigenvalue weighted by Crippen LogP contribution is -2.46. The highest BCUT2D eigenvalue weighted by Crippen LogP contribution is 2.36. The predicted octanol–water partition coefficient (Wildman–Crippen LogP) is 2.52. The average Bonchev–Trinajstić information content (AvgIpc) is 2.77. The van der Waals surface area contributed by atoms with Crippen molar-refractivity contribution in [3.8, 4) is 5.75 Å². The van der Waals surface area contributed by atoms with E-state index in [-0.39, 0.29) is 11.3 Å². The lowest BCUT2D eigenvalue weighted by Gasteiger charge is -2.34. The molecule has 2 heterocycles. The minimum Gasteiger partial charge on any atom is -0.497 e. The zero-order valence-electron chi connectivity index (χ0n) is 12.2. The molecule has 2 N–H and O–H groups in total. The lowest BCUT2D eigenvalue weighted by molar-refractivity contribution is -0.118. The van der Waals surface area contributed by atoms with Crippen LogP contribution in [0.2, 0.25) is 0 Å². The van der Waals surface area contributed by atoms with Crippen LogP contribution in [0.25, 0.3) is 10.9 Å². The van der Waals surface area contributed by atoms with Gasteiger partial charge >= 0.3 is 0 Å². The summed E-state index contributed by atoms with van der Waals surface area (Å²) in [6, 6.07) is 6.07. The topological polar surface area (TPSA) is 54.1 Å². The molecule has 4 nitrogen and oxygen atoms in total. The second kappa shape index (κ2) is 4.63. The minimum atomic E-state index is -0.300. The van der Waals surface area contributed by atoms with E-state index in [1.807, 2.05) is 12.1 Å². The van der Waals surface area contributed by atoms with E-state index in [1.54, 1.807) is 14.0 Å². The van der Waals surface area contributed by atoms with Crippen LogP contribution in [0.4, 0.5) is 0 Å². The quantitative estimate of drug-likeness (QED) is 0.902. The molecule has 0 aliphatic carbocycles. The number of Topliss-reactive ketones (excluding diaryl/α,β-unsaturated/α-hetero) is 1. The molecule has 1 aromatic carbocycles. The maximum absolute atomic E-state index is 11.6. The van der Waals surface area contributed by atoms with Gasteiger partial charge in [-0.05, 0) is 44.0 Å². The summed E-state index contributed by atoms with van der Waals surface area (Å²) in [5, 5.41) is 4.69. The summed E-state index contributed by atoms with van der Waals surface area (Å²) in [6.07, 6.45) is 1.47. The highest BCUT2D eigenvalue weighted by atomic mass is 16.5. The van der Waals surface area contributed by atoms with Crippen molar-refractivity contribution in [2.24, 2.45) is 0 Å². The van der Waals surface area contributed by atoms with E-state index in [0.717, 1.165) is 29.9 Å². The Morgan fingerprint density at radius 1 is 1.45 bits per heavy atom. The van der Waals surface area contributed by atoms with Crippen LogP contribution in [0.1, 0.15) is 31.5 Å². The van der Waals surface area contributed by atoms with Crippen LogP contribution in [0, 0.1) is 0 Å². The molecule has 20 heavy (non-hydrogen) atoms. The normalized spacial score (nSPS) is 21.8. The standard InChI is InChI=1S/C16H20N2O2/c1-10(19)9-16(2)15-12(6-7-17-16)13-8-11(20-3)4-5-14(13)18-15/h4-5,8,17-18H,6-7,9H2,1-3H3. The smallest absolute Gasteiger partial charge is 0.132 e. The van der Waals surface area contributed by atoms with Gasteiger partial charge in [0.15, 0.2) is 0 Å². The number of ketones is 1. The molecule has 106 valence electrons. The van der Waals surface area contributed by atoms with Crippen LogP contribution in [0.3, 0.4) is 0 Å². The minimum absolute atomic E-state index is 0.198. The Labute approximate surface area is 118 Å². The first-order valence-corrected chi connectivity index (χ1v) is 6.97. The van der Waals surface area contributed by atoms with Crippen LogP contribution in [0.15, 0.2) is 18.2 Å². The number of fused-ring (bicyclic) bond motifs is 3. The lowest BCUT2D eigenvalue weighted by atomic mass is 9.85. The van der Waals surface area contributed by atoms with Crippen LogP contribution < -0.4 is 10.1 Å². The van der Waals surface area contributed by atoms with E-state index in [1.165, 1.54) is 10.9 Å².